The Kier molecular flexibility index (Phi) is 6.34. The molecule has 0 radical (unpaired) electrons. The van der Waals surface area contributed by atoms with Gasteiger partial charge in [-0.1, -0.05) is 30.3 Å². The highest BCUT2D eigenvalue weighted by Crippen LogP contribution is 2.29. The minimum absolute atomic E-state index is 0.307. The molecule has 0 aromatic heterocycles. The predicted molar refractivity (Wildman–Crippen MR) is 109 cm³/mol. The second-order valence-electron chi connectivity index (χ2n) is 6.48. The van der Waals surface area contributed by atoms with E-state index in [1.165, 1.54) is 23.1 Å². The maximum atomic E-state index is 5.50. The Balaban J connectivity index is 1.51. The summed E-state index contributed by atoms with van der Waals surface area (Å²) in [5.74, 6) is 1.50. The van der Waals surface area contributed by atoms with Gasteiger partial charge in [-0.3, -0.25) is 0 Å². The first kappa shape index (κ1) is 18.5. The Labute approximate surface area is 160 Å². The van der Waals surface area contributed by atoms with Gasteiger partial charge in [0.15, 0.2) is 16.6 Å². The number of hydrogen-bond donors (Lipinski definition) is 2. The quantitative estimate of drug-likeness (QED) is 0.758. The van der Waals surface area contributed by atoms with Crippen molar-refractivity contribution in [1.82, 2.24) is 10.6 Å². The number of nitrogens with one attached hydrogen (secondary N) is 2. The van der Waals surface area contributed by atoms with Crippen LogP contribution in [0.15, 0.2) is 42.5 Å². The Morgan fingerprint density at radius 3 is 2.73 bits per heavy atom. The van der Waals surface area contributed by atoms with Gasteiger partial charge in [0.1, 0.15) is 0 Å². The van der Waals surface area contributed by atoms with Crippen molar-refractivity contribution in [2.24, 2.45) is 0 Å². The molecule has 0 aliphatic heterocycles. The van der Waals surface area contributed by atoms with Crippen molar-refractivity contribution >= 4 is 17.3 Å². The van der Waals surface area contributed by atoms with E-state index in [1.54, 1.807) is 14.2 Å². The molecular formula is C21H26N2O2S. The Morgan fingerprint density at radius 1 is 1.12 bits per heavy atom. The Morgan fingerprint density at radius 2 is 1.92 bits per heavy atom. The van der Waals surface area contributed by atoms with Gasteiger partial charge in [-0.25, -0.2) is 0 Å². The highest BCUT2D eigenvalue weighted by atomic mass is 32.1. The third-order valence-electron chi connectivity index (χ3n) is 4.82. The fraction of sp³-hybridized carbons (Fsp3) is 0.381. The van der Waals surface area contributed by atoms with Crippen molar-refractivity contribution in [3.05, 3.63) is 59.2 Å². The molecule has 1 atom stereocenters. The molecule has 2 aromatic carbocycles. The molecule has 5 heteroatoms. The van der Waals surface area contributed by atoms with Crippen molar-refractivity contribution in [2.75, 3.05) is 20.8 Å². The average molecular weight is 371 g/mol. The predicted octanol–water partition coefficient (Wildman–Crippen LogP) is 3.79. The molecule has 0 heterocycles. The van der Waals surface area contributed by atoms with E-state index in [0.717, 1.165) is 37.3 Å². The van der Waals surface area contributed by atoms with Crippen LogP contribution in [0.3, 0.4) is 0 Å². The zero-order valence-corrected chi connectivity index (χ0v) is 16.2. The Hall–Kier alpha value is -2.27. The zero-order chi connectivity index (χ0) is 18.4. The van der Waals surface area contributed by atoms with Crippen LogP contribution < -0.4 is 20.1 Å². The minimum atomic E-state index is 0.307. The summed E-state index contributed by atoms with van der Waals surface area (Å²) < 4.78 is 10.6. The molecule has 0 amide bonds. The molecule has 1 aliphatic carbocycles. The Bertz CT molecular complexity index is 763. The first-order valence-electron chi connectivity index (χ1n) is 9.04. The summed E-state index contributed by atoms with van der Waals surface area (Å²) in [7, 11) is 3.30. The molecule has 0 bridgehead atoms. The van der Waals surface area contributed by atoms with E-state index in [1.807, 2.05) is 12.1 Å². The fourth-order valence-electron chi connectivity index (χ4n) is 3.47. The summed E-state index contributed by atoms with van der Waals surface area (Å²) in [4.78, 5) is 0. The number of rotatable bonds is 6. The summed E-state index contributed by atoms with van der Waals surface area (Å²) in [6, 6.07) is 14.9. The third kappa shape index (κ3) is 4.47. The molecule has 26 heavy (non-hydrogen) atoms. The first-order valence-corrected chi connectivity index (χ1v) is 9.45. The lowest BCUT2D eigenvalue weighted by atomic mass is 9.88. The van der Waals surface area contributed by atoms with Crippen molar-refractivity contribution in [3.8, 4) is 11.5 Å². The van der Waals surface area contributed by atoms with Gasteiger partial charge in [0, 0.05) is 6.54 Å². The highest BCUT2D eigenvalue weighted by molar-refractivity contribution is 7.80. The molecule has 0 fully saturated rings. The van der Waals surface area contributed by atoms with E-state index in [-0.39, 0.29) is 0 Å². The van der Waals surface area contributed by atoms with Crippen LogP contribution >= 0.6 is 12.2 Å². The van der Waals surface area contributed by atoms with Crippen LogP contribution in [-0.4, -0.2) is 25.9 Å². The molecule has 1 aliphatic rings. The van der Waals surface area contributed by atoms with E-state index in [2.05, 4.69) is 41.0 Å². The number of thiocarbonyl (C=S) groups is 1. The van der Waals surface area contributed by atoms with Crippen LogP contribution in [-0.2, 0) is 12.8 Å². The summed E-state index contributed by atoms with van der Waals surface area (Å²) in [6.45, 7) is 0.773. The van der Waals surface area contributed by atoms with Crippen molar-refractivity contribution in [1.29, 1.82) is 0 Å². The van der Waals surface area contributed by atoms with Gasteiger partial charge >= 0.3 is 0 Å². The highest BCUT2D eigenvalue weighted by Gasteiger charge is 2.20. The van der Waals surface area contributed by atoms with Crippen LogP contribution in [0.2, 0.25) is 0 Å². The molecule has 0 unspecified atom stereocenters. The number of aryl methyl sites for hydroxylation is 1. The number of ether oxygens (including phenoxy) is 2. The molecule has 2 N–H and O–H groups in total. The molecule has 0 saturated carbocycles. The standard InChI is InChI=1S/C21H26N2O2S/c1-24-19-11-10-15(14-20(19)25-2)12-13-22-21(26)23-18-9-5-7-16-6-3-4-8-17(16)18/h3-4,6,8,10-11,14,18H,5,7,9,12-13H2,1-2H3,(H2,22,23,26)/t18-/m1/s1. The van der Waals surface area contributed by atoms with E-state index in [9.17, 15) is 0 Å². The zero-order valence-electron chi connectivity index (χ0n) is 15.4. The first-order chi connectivity index (χ1) is 12.7. The molecular weight excluding hydrogens is 344 g/mol. The SMILES string of the molecule is COc1ccc(CCNC(=S)N[C@@H]2CCCc3ccccc32)cc1OC. The number of hydrogen-bond acceptors (Lipinski definition) is 3. The average Bonchev–Trinajstić information content (AvgIpc) is 2.68. The van der Waals surface area contributed by atoms with Gasteiger partial charge in [-0.2, -0.15) is 0 Å². The summed E-state index contributed by atoms with van der Waals surface area (Å²) in [6.07, 6.45) is 4.34. The normalized spacial score (nSPS) is 15.7. The lowest BCUT2D eigenvalue weighted by Crippen LogP contribution is -2.39. The van der Waals surface area contributed by atoms with Gasteiger partial charge in [-0.05, 0) is 66.7 Å². The van der Waals surface area contributed by atoms with Crippen LogP contribution in [0.5, 0.6) is 11.5 Å². The summed E-state index contributed by atoms with van der Waals surface area (Å²) in [5.41, 5.74) is 3.99. The summed E-state index contributed by atoms with van der Waals surface area (Å²) in [5, 5.41) is 7.52. The molecule has 4 nitrogen and oxygen atoms in total. The maximum Gasteiger partial charge on any atom is 0.166 e. The van der Waals surface area contributed by atoms with Gasteiger partial charge in [0.25, 0.3) is 0 Å². The van der Waals surface area contributed by atoms with Crippen LogP contribution in [0, 0.1) is 0 Å². The molecule has 138 valence electrons. The van der Waals surface area contributed by atoms with E-state index < -0.39 is 0 Å². The lowest BCUT2D eigenvalue weighted by molar-refractivity contribution is 0.354. The van der Waals surface area contributed by atoms with Crippen molar-refractivity contribution in [2.45, 2.75) is 31.7 Å². The van der Waals surface area contributed by atoms with Crippen molar-refractivity contribution in [3.63, 3.8) is 0 Å². The van der Waals surface area contributed by atoms with E-state index >= 15 is 0 Å². The fourth-order valence-corrected chi connectivity index (χ4v) is 3.71. The lowest BCUT2D eigenvalue weighted by Gasteiger charge is -2.27. The third-order valence-corrected chi connectivity index (χ3v) is 5.08. The number of benzene rings is 2. The second-order valence-corrected chi connectivity index (χ2v) is 6.89. The maximum absolute atomic E-state index is 5.50. The molecule has 0 saturated heterocycles. The largest absolute Gasteiger partial charge is 0.493 e. The molecule has 3 rings (SSSR count). The summed E-state index contributed by atoms with van der Waals surface area (Å²) >= 11 is 5.50. The van der Waals surface area contributed by atoms with Gasteiger partial charge in [0.2, 0.25) is 0 Å². The van der Waals surface area contributed by atoms with E-state index in [4.69, 9.17) is 21.7 Å². The number of fused-ring (bicyclic) bond motifs is 1. The minimum Gasteiger partial charge on any atom is -0.493 e. The molecule has 0 spiro atoms. The van der Waals surface area contributed by atoms with Gasteiger partial charge < -0.3 is 20.1 Å². The number of methoxy groups -OCH3 is 2. The van der Waals surface area contributed by atoms with Gasteiger partial charge in [-0.15, -0.1) is 0 Å². The van der Waals surface area contributed by atoms with Crippen LogP contribution in [0.25, 0.3) is 0 Å². The van der Waals surface area contributed by atoms with E-state index in [0.29, 0.717) is 11.2 Å². The topological polar surface area (TPSA) is 42.5 Å². The smallest absolute Gasteiger partial charge is 0.166 e. The van der Waals surface area contributed by atoms with Crippen LogP contribution in [0.1, 0.15) is 35.6 Å². The van der Waals surface area contributed by atoms with Gasteiger partial charge in [0.05, 0.1) is 20.3 Å². The monoisotopic (exact) mass is 370 g/mol. The molecule has 2 aromatic rings. The second kappa shape index (κ2) is 8.90. The van der Waals surface area contributed by atoms with Crippen molar-refractivity contribution < 1.29 is 9.47 Å². The van der Waals surface area contributed by atoms with Crippen LogP contribution in [0.4, 0.5) is 0 Å².